The van der Waals surface area contributed by atoms with Gasteiger partial charge >= 0.3 is 0 Å². The van der Waals surface area contributed by atoms with E-state index in [9.17, 15) is 0 Å². The molecule has 2 nitrogen and oxygen atoms in total. The van der Waals surface area contributed by atoms with Crippen molar-refractivity contribution in [3.05, 3.63) is 53.6 Å². The van der Waals surface area contributed by atoms with E-state index in [0.717, 1.165) is 22.2 Å². The van der Waals surface area contributed by atoms with E-state index in [1.807, 2.05) is 37.3 Å². The Balaban J connectivity index is 2.18. The summed E-state index contributed by atoms with van der Waals surface area (Å²) in [6.07, 6.45) is 0. The van der Waals surface area contributed by atoms with E-state index in [1.165, 1.54) is 5.56 Å². The van der Waals surface area contributed by atoms with Crippen LogP contribution in [0.2, 0.25) is 0 Å². The van der Waals surface area contributed by atoms with Crippen LogP contribution in [0.1, 0.15) is 11.1 Å². The van der Waals surface area contributed by atoms with Crippen molar-refractivity contribution in [1.29, 1.82) is 0 Å². The van der Waals surface area contributed by atoms with Gasteiger partial charge in [0.1, 0.15) is 5.52 Å². The Hall–Kier alpha value is -2.09. The van der Waals surface area contributed by atoms with Crippen LogP contribution < -0.4 is 0 Å². The van der Waals surface area contributed by atoms with Crippen LogP contribution in [0.3, 0.4) is 0 Å². The van der Waals surface area contributed by atoms with Crippen LogP contribution >= 0.6 is 0 Å². The fourth-order valence-corrected chi connectivity index (χ4v) is 1.91. The number of nitrogens with zero attached hydrogens (tertiary/aromatic N) is 1. The van der Waals surface area contributed by atoms with Crippen molar-refractivity contribution in [3.8, 4) is 11.5 Å². The molecular weight excluding hydrogens is 210 g/mol. The van der Waals surface area contributed by atoms with Crippen LogP contribution in [-0.4, -0.2) is 4.98 Å². The number of rotatable bonds is 1. The summed E-state index contributed by atoms with van der Waals surface area (Å²) in [5.74, 6) is 0.689. The fourth-order valence-electron chi connectivity index (χ4n) is 1.91. The molecule has 1 aromatic heterocycles. The summed E-state index contributed by atoms with van der Waals surface area (Å²) in [6.45, 7) is 4.10. The maximum atomic E-state index is 5.81. The Morgan fingerprint density at radius 3 is 2.41 bits per heavy atom. The lowest BCUT2D eigenvalue weighted by atomic mass is 10.1. The normalized spacial score (nSPS) is 10.9. The Labute approximate surface area is 99.9 Å². The summed E-state index contributed by atoms with van der Waals surface area (Å²) in [6, 6.07) is 14.2. The summed E-state index contributed by atoms with van der Waals surface area (Å²) >= 11 is 0. The van der Waals surface area contributed by atoms with E-state index >= 15 is 0 Å². The third-order valence-electron chi connectivity index (χ3n) is 2.91. The fraction of sp³-hybridized carbons (Fsp3) is 0.133. The minimum absolute atomic E-state index is 0.689. The van der Waals surface area contributed by atoms with Gasteiger partial charge < -0.3 is 4.42 Å². The Morgan fingerprint density at radius 1 is 0.941 bits per heavy atom. The lowest BCUT2D eigenvalue weighted by Crippen LogP contribution is -1.77. The summed E-state index contributed by atoms with van der Waals surface area (Å²) in [5, 5.41) is 0. The lowest BCUT2D eigenvalue weighted by molar-refractivity contribution is 0.617. The van der Waals surface area contributed by atoms with E-state index in [1.54, 1.807) is 0 Å². The summed E-state index contributed by atoms with van der Waals surface area (Å²) < 4.78 is 5.81. The van der Waals surface area contributed by atoms with E-state index < -0.39 is 0 Å². The molecule has 0 radical (unpaired) electrons. The molecule has 2 aromatic carbocycles. The Kier molecular flexibility index (Phi) is 2.22. The second-order valence-corrected chi connectivity index (χ2v) is 4.31. The van der Waals surface area contributed by atoms with Gasteiger partial charge in [0.05, 0.1) is 0 Å². The van der Waals surface area contributed by atoms with Crippen molar-refractivity contribution < 1.29 is 4.42 Å². The molecule has 3 aromatic rings. The monoisotopic (exact) mass is 223 g/mol. The molecule has 2 heteroatoms. The molecular formula is C15H13NO. The van der Waals surface area contributed by atoms with Crippen molar-refractivity contribution in [2.45, 2.75) is 13.8 Å². The zero-order valence-corrected chi connectivity index (χ0v) is 9.90. The minimum atomic E-state index is 0.689. The highest BCUT2D eigenvalue weighted by atomic mass is 16.3. The zero-order chi connectivity index (χ0) is 11.8. The van der Waals surface area contributed by atoms with Crippen molar-refractivity contribution in [1.82, 2.24) is 4.98 Å². The molecule has 0 aliphatic rings. The first-order valence-corrected chi connectivity index (χ1v) is 5.67. The Bertz CT molecular complexity index is 665. The van der Waals surface area contributed by atoms with Gasteiger partial charge in [0.15, 0.2) is 5.58 Å². The second-order valence-electron chi connectivity index (χ2n) is 4.31. The standard InChI is InChI=1S/C15H13NO/c1-10-6-8-12(9-7-10)15-16-13-5-3-4-11(2)14(13)17-15/h3-9H,1-2H3. The van der Waals surface area contributed by atoms with Gasteiger partial charge in [-0.15, -0.1) is 0 Å². The third-order valence-corrected chi connectivity index (χ3v) is 2.91. The average molecular weight is 223 g/mol. The van der Waals surface area contributed by atoms with Crippen molar-refractivity contribution >= 4 is 11.1 Å². The topological polar surface area (TPSA) is 26.0 Å². The molecule has 0 unspecified atom stereocenters. The van der Waals surface area contributed by atoms with Gasteiger partial charge in [-0.1, -0.05) is 29.8 Å². The molecule has 0 saturated carbocycles. The lowest BCUT2D eigenvalue weighted by Gasteiger charge is -1.95. The number of fused-ring (bicyclic) bond motifs is 1. The highest BCUT2D eigenvalue weighted by Gasteiger charge is 2.08. The van der Waals surface area contributed by atoms with Gasteiger partial charge in [-0.25, -0.2) is 4.98 Å². The second kappa shape index (κ2) is 3.74. The maximum Gasteiger partial charge on any atom is 0.227 e. The van der Waals surface area contributed by atoms with Gasteiger partial charge in [-0.3, -0.25) is 0 Å². The first-order valence-electron chi connectivity index (χ1n) is 5.67. The molecule has 0 aliphatic heterocycles. The first-order chi connectivity index (χ1) is 8.24. The summed E-state index contributed by atoms with van der Waals surface area (Å²) in [5.41, 5.74) is 5.17. The number of oxazole rings is 1. The smallest absolute Gasteiger partial charge is 0.227 e. The molecule has 0 saturated heterocycles. The molecule has 17 heavy (non-hydrogen) atoms. The van der Waals surface area contributed by atoms with E-state index in [2.05, 4.69) is 24.0 Å². The van der Waals surface area contributed by atoms with Gasteiger partial charge in [0, 0.05) is 5.56 Å². The van der Waals surface area contributed by atoms with Crippen LogP contribution in [0.5, 0.6) is 0 Å². The minimum Gasteiger partial charge on any atom is -0.436 e. The van der Waals surface area contributed by atoms with Gasteiger partial charge in [0.25, 0.3) is 0 Å². The van der Waals surface area contributed by atoms with Crippen LogP contribution in [0.15, 0.2) is 46.9 Å². The average Bonchev–Trinajstić information content (AvgIpc) is 2.75. The molecule has 0 spiro atoms. The molecule has 0 amide bonds. The molecule has 0 fully saturated rings. The first kappa shape index (κ1) is 10.1. The van der Waals surface area contributed by atoms with Crippen LogP contribution in [-0.2, 0) is 0 Å². The van der Waals surface area contributed by atoms with Gasteiger partial charge in [-0.2, -0.15) is 0 Å². The number of para-hydroxylation sites is 1. The molecule has 0 atom stereocenters. The predicted molar refractivity (Wildman–Crippen MR) is 68.9 cm³/mol. The maximum absolute atomic E-state index is 5.81. The molecule has 0 bridgehead atoms. The number of hydrogen-bond acceptors (Lipinski definition) is 2. The van der Waals surface area contributed by atoms with E-state index in [0.29, 0.717) is 5.89 Å². The SMILES string of the molecule is Cc1ccc(-c2nc3cccc(C)c3o2)cc1. The van der Waals surface area contributed by atoms with Crippen molar-refractivity contribution in [2.75, 3.05) is 0 Å². The molecule has 1 heterocycles. The molecule has 0 aliphatic carbocycles. The summed E-state index contributed by atoms with van der Waals surface area (Å²) in [4.78, 5) is 4.51. The molecule has 0 N–H and O–H groups in total. The van der Waals surface area contributed by atoms with Crippen LogP contribution in [0.25, 0.3) is 22.6 Å². The van der Waals surface area contributed by atoms with Crippen LogP contribution in [0.4, 0.5) is 0 Å². The van der Waals surface area contributed by atoms with Gasteiger partial charge in [0.2, 0.25) is 5.89 Å². The number of aryl methyl sites for hydroxylation is 2. The third kappa shape index (κ3) is 1.72. The molecule has 3 rings (SSSR count). The highest BCUT2D eigenvalue weighted by Crippen LogP contribution is 2.26. The quantitative estimate of drug-likeness (QED) is 0.620. The van der Waals surface area contributed by atoms with E-state index in [4.69, 9.17) is 4.42 Å². The molecule has 84 valence electrons. The summed E-state index contributed by atoms with van der Waals surface area (Å²) in [7, 11) is 0. The number of benzene rings is 2. The van der Waals surface area contributed by atoms with Gasteiger partial charge in [-0.05, 0) is 37.6 Å². The Morgan fingerprint density at radius 2 is 1.71 bits per heavy atom. The highest BCUT2D eigenvalue weighted by molar-refractivity contribution is 5.79. The largest absolute Gasteiger partial charge is 0.436 e. The van der Waals surface area contributed by atoms with Crippen molar-refractivity contribution in [3.63, 3.8) is 0 Å². The predicted octanol–water partition coefficient (Wildman–Crippen LogP) is 4.11. The van der Waals surface area contributed by atoms with Crippen LogP contribution in [0, 0.1) is 13.8 Å². The number of hydrogen-bond donors (Lipinski definition) is 0. The number of aromatic nitrogens is 1. The van der Waals surface area contributed by atoms with E-state index in [-0.39, 0.29) is 0 Å². The van der Waals surface area contributed by atoms with Crippen molar-refractivity contribution in [2.24, 2.45) is 0 Å². The zero-order valence-electron chi connectivity index (χ0n) is 9.90.